The molecule has 1 aromatic carbocycles. The van der Waals surface area contributed by atoms with Gasteiger partial charge in [0.15, 0.2) is 0 Å². The third-order valence-electron chi connectivity index (χ3n) is 3.06. The number of nitrogens with one attached hydrogen (secondary N) is 1. The fraction of sp³-hybridized carbons (Fsp3) is 0.538. The van der Waals surface area contributed by atoms with E-state index < -0.39 is 15.2 Å². The molecule has 20 heavy (non-hydrogen) atoms. The van der Waals surface area contributed by atoms with Crippen molar-refractivity contribution in [3.8, 4) is 0 Å². The maximum atomic E-state index is 11.4. The van der Waals surface area contributed by atoms with Crippen LogP contribution in [0.15, 0.2) is 24.3 Å². The van der Waals surface area contributed by atoms with Crippen molar-refractivity contribution >= 4 is 27.3 Å². The van der Waals surface area contributed by atoms with Gasteiger partial charge in [-0.2, -0.15) is 0 Å². The van der Waals surface area contributed by atoms with E-state index in [1.807, 2.05) is 62.3 Å². The molecule has 1 aromatic rings. The van der Waals surface area contributed by atoms with Gasteiger partial charge in [0.2, 0.25) is 10.0 Å². The largest absolute Gasteiger partial charge is 0.378 e. The highest BCUT2D eigenvalue weighted by Crippen LogP contribution is 2.21. The van der Waals surface area contributed by atoms with Crippen LogP contribution >= 0.6 is 11.6 Å². The summed E-state index contributed by atoms with van der Waals surface area (Å²) >= 11 is 5.39. The van der Waals surface area contributed by atoms with Crippen molar-refractivity contribution in [2.45, 2.75) is 6.04 Å². The summed E-state index contributed by atoms with van der Waals surface area (Å²) in [5, 5.41) is -0.424. The molecule has 1 atom stereocenters. The average Bonchev–Trinajstić information content (AvgIpc) is 2.39. The highest BCUT2D eigenvalue weighted by Gasteiger charge is 2.17. The van der Waals surface area contributed by atoms with Gasteiger partial charge in [0, 0.05) is 32.4 Å². The Hall–Kier alpha value is -0.820. The first kappa shape index (κ1) is 17.2. The van der Waals surface area contributed by atoms with Crippen LogP contribution in [0.4, 0.5) is 5.69 Å². The van der Waals surface area contributed by atoms with E-state index in [-0.39, 0.29) is 6.04 Å². The maximum Gasteiger partial charge on any atom is 0.225 e. The zero-order valence-electron chi connectivity index (χ0n) is 12.3. The summed E-state index contributed by atoms with van der Waals surface area (Å²) in [7, 11) is 4.39. The highest BCUT2D eigenvalue weighted by molar-refractivity contribution is 7.90. The van der Waals surface area contributed by atoms with Gasteiger partial charge in [-0.25, -0.2) is 13.1 Å². The van der Waals surface area contributed by atoms with E-state index in [0.29, 0.717) is 6.54 Å². The Labute approximate surface area is 126 Å². The molecule has 0 aliphatic rings. The van der Waals surface area contributed by atoms with Crippen LogP contribution in [0.1, 0.15) is 11.6 Å². The first-order valence-corrected chi connectivity index (χ1v) is 8.42. The molecular formula is C13H22ClN3O2S. The first-order chi connectivity index (χ1) is 9.26. The number of rotatable bonds is 7. The van der Waals surface area contributed by atoms with Crippen LogP contribution in [0.3, 0.4) is 0 Å². The van der Waals surface area contributed by atoms with Crippen LogP contribution in [-0.4, -0.2) is 53.3 Å². The molecule has 0 amide bonds. The van der Waals surface area contributed by atoms with Crippen LogP contribution < -0.4 is 9.62 Å². The third kappa shape index (κ3) is 4.94. The Bertz CT molecular complexity index is 515. The fourth-order valence-electron chi connectivity index (χ4n) is 1.84. The lowest BCUT2D eigenvalue weighted by atomic mass is 10.1. The fourth-order valence-corrected chi connectivity index (χ4v) is 2.56. The predicted molar refractivity (Wildman–Crippen MR) is 84.8 cm³/mol. The molecule has 0 aromatic heterocycles. The Morgan fingerprint density at radius 2 is 1.70 bits per heavy atom. The van der Waals surface area contributed by atoms with E-state index in [0.717, 1.165) is 11.3 Å². The minimum absolute atomic E-state index is 0.0378. The molecule has 1 N–H and O–H groups in total. The number of hydrogen-bond donors (Lipinski definition) is 1. The summed E-state index contributed by atoms with van der Waals surface area (Å²) < 4.78 is 25.4. The molecule has 0 heterocycles. The van der Waals surface area contributed by atoms with Gasteiger partial charge in [-0.15, -0.1) is 11.6 Å². The molecule has 0 fully saturated rings. The van der Waals surface area contributed by atoms with E-state index >= 15 is 0 Å². The number of alkyl halides is 1. The standard InChI is InChI=1S/C13H22ClN3O2S/c1-16(2)12-7-5-11(6-8-12)13(17(3)4)9-15-20(18,19)10-14/h5-8,13,15H,9-10H2,1-4H3/t13-/m1/s1. The van der Waals surface area contributed by atoms with Gasteiger partial charge >= 0.3 is 0 Å². The van der Waals surface area contributed by atoms with Gasteiger partial charge in [-0.05, 0) is 31.8 Å². The van der Waals surface area contributed by atoms with Crippen molar-refractivity contribution in [3.05, 3.63) is 29.8 Å². The Morgan fingerprint density at radius 3 is 2.10 bits per heavy atom. The van der Waals surface area contributed by atoms with E-state index in [1.54, 1.807) is 0 Å². The SMILES string of the molecule is CN(C)c1ccc([C@@H](CNS(=O)(=O)CCl)N(C)C)cc1. The molecular weight excluding hydrogens is 298 g/mol. The zero-order valence-corrected chi connectivity index (χ0v) is 13.9. The molecule has 0 bridgehead atoms. The Morgan fingerprint density at radius 1 is 1.15 bits per heavy atom. The summed E-state index contributed by atoms with van der Waals surface area (Å²) in [5.41, 5.74) is 2.16. The molecule has 0 saturated carbocycles. The zero-order chi connectivity index (χ0) is 15.3. The summed E-state index contributed by atoms with van der Waals surface area (Å²) in [6.45, 7) is 0.295. The number of anilines is 1. The third-order valence-corrected chi connectivity index (χ3v) is 4.81. The molecule has 0 saturated heterocycles. The summed E-state index contributed by atoms with van der Waals surface area (Å²) in [6, 6.07) is 8.01. The first-order valence-electron chi connectivity index (χ1n) is 6.24. The van der Waals surface area contributed by atoms with Crippen molar-refractivity contribution in [2.24, 2.45) is 0 Å². The lowest BCUT2D eigenvalue weighted by Gasteiger charge is -2.25. The lowest BCUT2D eigenvalue weighted by molar-refractivity contribution is 0.299. The number of hydrogen-bond acceptors (Lipinski definition) is 4. The number of halogens is 1. The van der Waals surface area contributed by atoms with Crippen molar-refractivity contribution < 1.29 is 8.42 Å². The Kier molecular flexibility index (Phi) is 6.26. The molecule has 1 rings (SSSR count). The second-order valence-electron chi connectivity index (χ2n) is 5.04. The van der Waals surface area contributed by atoms with Crippen LogP contribution in [-0.2, 0) is 10.0 Å². The van der Waals surface area contributed by atoms with Crippen molar-refractivity contribution in [2.75, 3.05) is 44.8 Å². The smallest absolute Gasteiger partial charge is 0.225 e. The maximum absolute atomic E-state index is 11.4. The molecule has 0 radical (unpaired) electrons. The second-order valence-corrected chi connectivity index (χ2v) is 7.43. The summed E-state index contributed by atoms with van der Waals surface area (Å²) in [4.78, 5) is 3.99. The van der Waals surface area contributed by atoms with Crippen LogP contribution in [0.5, 0.6) is 0 Å². The van der Waals surface area contributed by atoms with Gasteiger partial charge in [0.05, 0.1) is 0 Å². The molecule has 0 spiro atoms. The number of sulfonamides is 1. The lowest BCUT2D eigenvalue weighted by Crippen LogP contribution is -2.35. The van der Waals surface area contributed by atoms with Crippen LogP contribution in [0.25, 0.3) is 0 Å². The number of benzene rings is 1. The molecule has 0 unspecified atom stereocenters. The number of likely N-dealkylation sites (N-methyl/N-ethyl adjacent to an activating group) is 1. The molecule has 7 heteroatoms. The highest BCUT2D eigenvalue weighted by atomic mass is 35.5. The second kappa shape index (κ2) is 7.26. The predicted octanol–water partition coefficient (Wildman–Crippen LogP) is 1.47. The Balaban J connectivity index is 2.86. The van der Waals surface area contributed by atoms with E-state index in [9.17, 15) is 8.42 Å². The topological polar surface area (TPSA) is 52.7 Å². The van der Waals surface area contributed by atoms with E-state index in [1.165, 1.54) is 0 Å². The minimum Gasteiger partial charge on any atom is -0.378 e. The molecule has 0 aliphatic heterocycles. The van der Waals surface area contributed by atoms with Gasteiger partial charge < -0.3 is 9.80 Å². The molecule has 5 nitrogen and oxygen atoms in total. The quantitative estimate of drug-likeness (QED) is 0.773. The number of nitrogens with zero attached hydrogens (tertiary/aromatic N) is 2. The van der Waals surface area contributed by atoms with Gasteiger partial charge in [-0.1, -0.05) is 12.1 Å². The van der Waals surface area contributed by atoms with E-state index in [4.69, 9.17) is 11.6 Å². The van der Waals surface area contributed by atoms with Gasteiger partial charge in [-0.3, -0.25) is 0 Å². The van der Waals surface area contributed by atoms with E-state index in [2.05, 4.69) is 4.72 Å². The molecule has 114 valence electrons. The summed E-state index contributed by atoms with van der Waals surface area (Å²) in [6.07, 6.45) is 0. The van der Waals surface area contributed by atoms with Gasteiger partial charge in [0.1, 0.15) is 5.21 Å². The van der Waals surface area contributed by atoms with Crippen LogP contribution in [0, 0.1) is 0 Å². The molecule has 0 aliphatic carbocycles. The average molecular weight is 320 g/mol. The minimum atomic E-state index is -3.40. The van der Waals surface area contributed by atoms with Gasteiger partial charge in [0.25, 0.3) is 0 Å². The van der Waals surface area contributed by atoms with Crippen molar-refractivity contribution in [1.82, 2.24) is 9.62 Å². The normalized spacial score (nSPS) is 13.5. The van der Waals surface area contributed by atoms with Crippen LogP contribution in [0.2, 0.25) is 0 Å². The monoisotopic (exact) mass is 319 g/mol. The summed E-state index contributed by atoms with van der Waals surface area (Å²) in [5.74, 6) is 0. The van der Waals surface area contributed by atoms with Crippen molar-refractivity contribution in [1.29, 1.82) is 0 Å². The van der Waals surface area contributed by atoms with Crippen molar-refractivity contribution in [3.63, 3.8) is 0 Å².